The van der Waals surface area contributed by atoms with E-state index in [1.165, 1.54) is 19.3 Å². The molecule has 1 fully saturated rings. The van der Waals surface area contributed by atoms with E-state index in [9.17, 15) is 4.79 Å². The van der Waals surface area contributed by atoms with E-state index in [0.29, 0.717) is 24.7 Å². The summed E-state index contributed by atoms with van der Waals surface area (Å²) >= 11 is 3.53. The lowest BCUT2D eigenvalue weighted by atomic mass is 10.1. The summed E-state index contributed by atoms with van der Waals surface area (Å²) in [6.45, 7) is 4.34. The van der Waals surface area contributed by atoms with Crippen LogP contribution in [0.15, 0.2) is 40.9 Å². The van der Waals surface area contributed by atoms with E-state index in [0.717, 1.165) is 52.0 Å². The lowest BCUT2D eigenvalue weighted by molar-refractivity contribution is 0.0998. The number of amides is 1. The van der Waals surface area contributed by atoms with Gasteiger partial charge in [-0.25, -0.2) is 0 Å². The van der Waals surface area contributed by atoms with Crippen LogP contribution in [0.2, 0.25) is 0 Å². The largest absolute Gasteiger partial charge is 0.493 e. The minimum Gasteiger partial charge on any atom is -0.493 e. The molecule has 0 saturated carbocycles. The molecule has 0 N–H and O–H groups in total. The second-order valence-corrected chi connectivity index (χ2v) is 9.44. The fourth-order valence-corrected chi connectivity index (χ4v) is 5.21. The number of methoxy groups -OCH3 is 1. The molecule has 33 heavy (non-hydrogen) atoms. The molecule has 1 amide bonds. The van der Waals surface area contributed by atoms with Gasteiger partial charge in [-0.15, -0.1) is 0 Å². The number of aryl methyl sites for hydroxylation is 1. The van der Waals surface area contributed by atoms with Crippen molar-refractivity contribution in [1.82, 2.24) is 9.47 Å². The molecule has 0 aliphatic carbocycles. The smallest absolute Gasteiger partial charge is 0.261 e. The molecule has 1 saturated heterocycles. The molecule has 0 unspecified atom stereocenters. The lowest BCUT2D eigenvalue weighted by Gasteiger charge is -2.26. The fourth-order valence-electron chi connectivity index (χ4n) is 4.86. The predicted molar refractivity (Wildman–Crippen MR) is 137 cm³/mol. The van der Waals surface area contributed by atoms with Gasteiger partial charge in [0, 0.05) is 40.7 Å². The highest BCUT2D eigenvalue weighted by Crippen LogP contribution is 2.39. The number of rotatable bonds is 6. The summed E-state index contributed by atoms with van der Waals surface area (Å²) in [5.74, 6) is 1.39. The molecule has 0 spiro atoms. The first-order chi connectivity index (χ1) is 15.6. The molecule has 176 valence electrons. The van der Waals surface area contributed by atoms with Crippen molar-refractivity contribution in [3.63, 3.8) is 0 Å². The number of carbonyl (C=O) groups is 1. The fraction of sp³-hybridized carbons (Fsp3) is 0.423. The van der Waals surface area contributed by atoms with Gasteiger partial charge in [0.2, 0.25) is 0 Å². The zero-order valence-electron chi connectivity index (χ0n) is 18.6. The number of benzene rings is 2. The molecule has 3 aromatic rings. The Bertz CT molecular complexity index is 1170. The molecule has 2 aliphatic heterocycles. The Kier molecular flexibility index (Phi) is 7.00. The third kappa shape index (κ3) is 4.36. The second kappa shape index (κ2) is 9.77. The quantitative estimate of drug-likeness (QED) is 0.429. The minimum absolute atomic E-state index is 0. The summed E-state index contributed by atoms with van der Waals surface area (Å²) in [6, 6.07) is 11.8. The molecule has 2 aromatic carbocycles. The molecule has 0 atom stereocenters. The first kappa shape index (κ1) is 23.6. The summed E-state index contributed by atoms with van der Waals surface area (Å²) in [7, 11) is 3.67. The summed E-state index contributed by atoms with van der Waals surface area (Å²) in [5, 5.41) is 0.990. The number of halogens is 1. The molecule has 0 radical (unpaired) electrons. The van der Waals surface area contributed by atoms with Crippen molar-refractivity contribution in [3.05, 3.63) is 52.1 Å². The SMILES string of the molecule is C.COc1ccc(N2Cc3c(c4ccc(Br)cc4n3C)C2=O)cc1OCCN1CCCCC1. The maximum absolute atomic E-state index is 13.4. The topological polar surface area (TPSA) is 46.9 Å². The molecule has 0 bridgehead atoms. The first-order valence-corrected chi connectivity index (χ1v) is 12.0. The van der Waals surface area contributed by atoms with Crippen LogP contribution in [0, 0.1) is 0 Å². The van der Waals surface area contributed by atoms with E-state index in [2.05, 4.69) is 31.5 Å². The van der Waals surface area contributed by atoms with Crippen LogP contribution in [0.25, 0.3) is 10.9 Å². The van der Waals surface area contributed by atoms with Crippen LogP contribution in [-0.2, 0) is 13.6 Å². The Hall–Kier alpha value is -2.51. The van der Waals surface area contributed by atoms with Crippen molar-refractivity contribution in [2.24, 2.45) is 7.05 Å². The number of piperidine rings is 1. The van der Waals surface area contributed by atoms with E-state index >= 15 is 0 Å². The first-order valence-electron chi connectivity index (χ1n) is 11.2. The van der Waals surface area contributed by atoms with Gasteiger partial charge in [0.25, 0.3) is 5.91 Å². The molecular weight excluding hydrogens is 482 g/mol. The Morgan fingerprint density at radius 3 is 2.58 bits per heavy atom. The monoisotopic (exact) mass is 513 g/mol. The Balaban J connectivity index is 0.00000259. The molecule has 2 aliphatic rings. The van der Waals surface area contributed by atoms with Crippen LogP contribution < -0.4 is 14.4 Å². The Morgan fingerprint density at radius 2 is 1.82 bits per heavy atom. The number of likely N-dealkylation sites (tertiary alicyclic amines) is 1. The Labute approximate surface area is 204 Å². The number of carbonyl (C=O) groups excluding carboxylic acids is 1. The zero-order chi connectivity index (χ0) is 22.2. The minimum atomic E-state index is 0. The average Bonchev–Trinajstić information content (AvgIpc) is 3.29. The van der Waals surface area contributed by atoms with Crippen LogP contribution in [0.1, 0.15) is 42.7 Å². The Morgan fingerprint density at radius 1 is 1.03 bits per heavy atom. The zero-order valence-corrected chi connectivity index (χ0v) is 20.2. The normalized spacial score (nSPS) is 16.1. The standard InChI is InChI=1S/C25H28BrN3O3.CH4/c1-27-20-14-17(26)6-8-19(20)24-21(27)16-29(25(24)30)18-7-9-22(31-2)23(15-18)32-13-12-28-10-4-3-5-11-28;/h6-9,14-15H,3-5,10-13,16H2,1-2H3;1H4. The maximum atomic E-state index is 13.4. The van der Waals surface area contributed by atoms with Crippen molar-refractivity contribution < 1.29 is 14.3 Å². The number of hydrogen-bond acceptors (Lipinski definition) is 4. The van der Waals surface area contributed by atoms with Crippen molar-refractivity contribution in [1.29, 1.82) is 0 Å². The summed E-state index contributed by atoms with van der Waals surface area (Å²) in [5.41, 5.74) is 3.71. The lowest BCUT2D eigenvalue weighted by Crippen LogP contribution is -2.33. The van der Waals surface area contributed by atoms with Gasteiger partial charge in [0.15, 0.2) is 11.5 Å². The van der Waals surface area contributed by atoms with Crippen LogP contribution in [0.5, 0.6) is 11.5 Å². The van der Waals surface area contributed by atoms with E-state index in [1.54, 1.807) is 7.11 Å². The van der Waals surface area contributed by atoms with Gasteiger partial charge in [0.1, 0.15) is 6.61 Å². The van der Waals surface area contributed by atoms with Gasteiger partial charge in [-0.3, -0.25) is 9.69 Å². The molecule has 5 rings (SSSR count). The third-order valence-electron chi connectivity index (χ3n) is 6.62. The summed E-state index contributed by atoms with van der Waals surface area (Å²) < 4.78 is 14.8. The van der Waals surface area contributed by atoms with E-state index in [1.807, 2.05) is 42.3 Å². The highest BCUT2D eigenvalue weighted by Gasteiger charge is 2.34. The van der Waals surface area contributed by atoms with Gasteiger partial charge < -0.3 is 18.9 Å². The second-order valence-electron chi connectivity index (χ2n) is 8.52. The molecule has 6 nitrogen and oxygen atoms in total. The van der Waals surface area contributed by atoms with Crippen LogP contribution in [-0.4, -0.2) is 48.7 Å². The third-order valence-corrected chi connectivity index (χ3v) is 7.12. The van der Waals surface area contributed by atoms with E-state index in [4.69, 9.17) is 9.47 Å². The van der Waals surface area contributed by atoms with E-state index in [-0.39, 0.29) is 13.3 Å². The van der Waals surface area contributed by atoms with Crippen molar-refractivity contribution >= 4 is 38.4 Å². The number of aromatic nitrogens is 1. The number of anilines is 1. The number of nitrogens with zero attached hydrogens (tertiary/aromatic N) is 3. The number of hydrogen-bond donors (Lipinski definition) is 0. The van der Waals surface area contributed by atoms with Gasteiger partial charge in [-0.05, 0) is 50.2 Å². The van der Waals surface area contributed by atoms with Crippen molar-refractivity contribution in [2.45, 2.75) is 33.2 Å². The van der Waals surface area contributed by atoms with Gasteiger partial charge in [-0.2, -0.15) is 0 Å². The molecular formula is C26H32BrN3O3. The summed E-state index contributed by atoms with van der Waals surface area (Å²) in [4.78, 5) is 17.7. The average molecular weight is 514 g/mol. The van der Waals surface area contributed by atoms with Gasteiger partial charge in [-0.1, -0.05) is 35.8 Å². The maximum Gasteiger partial charge on any atom is 0.261 e. The van der Waals surface area contributed by atoms with Crippen LogP contribution in [0.4, 0.5) is 5.69 Å². The number of ether oxygens (including phenoxy) is 2. The molecule has 7 heteroatoms. The molecule has 1 aromatic heterocycles. The summed E-state index contributed by atoms with van der Waals surface area (Å²) in [6.07, 6.45) is 3.86. The van der Waals surface area contributed by atoms with Crippen molar-refractivity contribution in [3.8, 4) is 11.5 Å². The highest BCUT2D eigenvalue weighted by molar-refractivity contribution is 9.10. The number of fused-ring (bicyclic) bond motifs is 3. The van der Waals surface area contributed by atoms with Crippen molar-refractivity contribution in [2.75, 3.05) is 38.3 Å². The molecule has 3 heterocycles. The predicted octanol–water partition coefficient (Wildman–Crippen LogP) is 5.61. The van der Waals surface area contributed by atoms with Gasteiger partial charge in [0.05, 0.1) is 24.9 Å². The van der Waals surface area contributed by atoms with Crippen LogP contribution >= 0.6 is 15.9 Å². The van der Waals surface area contributed by atoms with E-state index < -0.39 is 0 Å². The highest BCUT2D eigenvalue weighted by atomic mass is 79.9. The van der Waals surface area contributed by atoms with Crippen LogP contribution in [0.3, 0.4) is 0 Å². The van der Waals surface area contributed by atoms with Gasteiger partial charge >= 0.3 is 0 Å².